The van der Waals surface area contributed by atoms with Crippen LogP contribution in [0.15, 0.2) is 91.0 Å². The van der Waals surface area contributed by atoms with Gasteiger partial charge in [0.2, 0.25) is 0 Å². The Kier molecular flexibility index (Phi) is 6.74. The lowest BCUT2D eigenvalue weighted by Gasteiger charge is -2.24. The van der Waals surface area contributed by atoms with Crippen molar-refractivity contribution >= 4 is 27.0 Å². The second kappa shape index (κ2) is 9.64. The Labute approximate surface area is 174 Å². The molecule has 0 saturated heterocycles. The Morgan fingerprint density at radius 3 is 1.03 bits per heavy atom. The normalized spacial score (nSPS) is 10.7. The minimum atomic E-state index is -4.56. The van der Waals surface area contributed by atoms with E-state index in [1.807, 2.05) is 0 Å². The van der Waals surface area contributed by atoms with Gasteiger partial charge in [-0.2, -0.15) is 0 Å². The fourth-order valence-electron chi connectivity index (χ4n) is 2.43. The second-order valence-electron chi connectivity index (χ2n) is 5.97. The second-order valence-corrected chi connectivity index (χ2v) is 7.99. The smallest absolute Gasteiger partial charge is 0.429 e. The van der Waals surface area contributed by atoms with E-state index in [1.165, 1.54) is 36.4 Å². The van der Waals surface area contributed by atoms with Crippen LogP contribution in [-0.4, -0.2) is 34.1 Å². The minimum absolute atomic E-state index is 0.179. The Morgan fingerprint density at radius 1 is 0.533 bits per heavy atom. The predicted octanol–water partition coefficient (Wildman–Crippen LogP) is 3.64. The molecule has 0 aromatic heterocycles. The van der Waals surface area contributed by atoms with Crippen LogP contribution in [0.2, 0.25) is 0 Å². The molecule has 8 heteroatoms. The van der Waals surface area contributed by atoms with Crippen molar-refractivity contribution in [1.29, 1.82) is 0 Å². The highest BCUT2D eigenvalue weighted by Gasteiger charge is 2.58. The molecule has 152 valence electrons. The van der Waals surface area contributed by atoms with Crippen LogP contribution in [-0.2, 0) is 17.7 Å². The molecule has 0 aliphatic carbocycles. The van der Waals surface area contributed by atoms with E-state index in [9.17, 15) is 14.4 Å². The topological polar surface area (TPSA) is 88.1 Å². The molecular formula is C22H18O7Si. The van der Waals surface area contributed by atoms with E-state index in [-0.39, 0.29) is 16.7 Å². The number of hydrogen-bond donors (Lipinski definition) is 0. The van der Waals surface area contributed by atoms with E-state index in [0.29, 0.717) is 0 Å². The van der Waals surface area contributed by atoms with Gasteiger partial charge in [-0.3, -0.25) is 0 Å². The van der Waals surface area contributed by atoms with Crippen LogP contribution in [0.25, 0.3) is 0 Å². The highest BCUT2D eigenvalue weighted by molar-refractivity contribution is 6.60. The number of carbonyl (C=O) groups excluding carboxylic acids is 3. The Hall–Kier alpha value is -3.75. The third-order valence-electron chi connectivity index (χ3n) is 3.93. The fourth-order valence-corrected chi connectivity index (χ4v) is 3.84. The van der Waals surface area contributed by atoms with Gasteiger partial charge in [-0.1, -0.05) is 54.6 Å². The van der Waals surface area contributed by atoms with Crippen molar-refractivity contribution in [3.8, 4) is 0 Å². The summed E-state index contributed by atoms with van der Waals surface area (Å²) in [5, 5.41) is 0. The Bertz CT molecular complexity index is 877. The van der Waals surface area contributed by atoms with E-state index in [2.05, 4.69) is 0 Å². The molecule has 3 aromatic carbocycles. The maximum atomic E-state index is 12.6. The van der Waals surface area contributed by atoms with E-state index in [1.54, 1.807) is 54.6 Å². The van der Waals surface area contributed by atoms with Gasteiger partial charge in [0.25, 0.3) is 0 Å². The first-order chi connectivity index (χ1) is 14.5. The van der Waals surface area contributed by atoms with Crippen LogP contribution in [0.1, 0.15) is 31.1 Å². The molecule has 3 aromatic rings. The van der Waals surface area contributed by atoms with Gasteiger partial charge in [0.05, 0.1) is 16.7 Å². The molecular weight excluding hydrogens is 404 g/mol. The first-order valence-corrected chi connectivity index (χ1v) is 10.6. The van der Waals surface area contributed by atoms with Gasteiger partial charge in [0.1, 0.15) is 0 Å². The summed E-state index contributed by atoms with van der Waals surface area (Å²) < 4.78 is 21.3. The molecule has 3 rings (SSSR count). The van der Waals surface area contributed by atoms with Crippen molar-refractivity contribution in [1.82, 2.24) is 0 Å². The molecule has 0 N–H and O–H groups in total. The lowest BCUT2D eigenvalue weighted by molar-refractivity contribution is -0.000661. The minimum Gasteiger partial charge on any atom is -0.429 e. The summed E-state index contributed by atoms with van der Waals surface area (Å²) >= 11 is 0. The maximum Gasteiger partial charge on any atom is 0.899 e. The zero-order valence-corrected chi connectivity index (χ0v) is 17.0. The molecule has 30 heavy (non-hydrogen) atoms. The number of hydrogen-bond acceptors (Lipinski definition) is 7. The molecule has 0 bridgehead atoms. The molecule has 0 aliphatic heterocycles. The summed E-state index contributed by atoms with van der Waals surface area (Å²) in [5.41, 5.74) is 0.536. The average molecular weight is 422 g/mol. The monoisotopic (exact) mass is 422 g/mol. The average Bonchev–Trinajstić information content (AvgIpc) is 2.80. The summed E-state index contributed by atoms with van der Waals surface area (Å²) in [6.07, 6.45) is 0. The molecule has 0 saturated carbocycles. The fraction of sp³-hybridized carbons (Fsp3) is 0.0455. The molecule has 0 heterocycles. The van der Waals surface area contributed by atoms with Crippen LogP contribution in [0.5, 0.6) is 0 Å². The third-order valence-corrected chi connectivity index (χ3v) is 5.74. The van der Waals surface area contributed by atoms with Crippen molar-refractivity contribution in [2.45, 2.75) is 0 Å². The first-order valence-electron chi connectivity index (χ1n) is 8.93. The van der Waals surface area contributed by atoms with Gasteiger partial charge in [0.15, 0.2) is 0 Å². The number of benzene rings is 3. The molecule has 7 nitrogen and oxygen atoms in total. The summed E-state index contributed by atoms with van der Waals surface area (Å²) in [7, 11) is -3.42. The van der Waals surface area contributed by atoms with Crippen molar-refractivity contribution in [3.63, 3.8) is 0 Å². The zero-order chi connectivity index (χ0) is 21.4. The number of rotatable bonds is 7. The molecule has 0 fully saturated rings. The van der Waals surface area contributed by atoms with Crippen LogP contribution in [0, 0.1) is 0 Å². The predicted molar refractivity (Wildman–Crippen MR) is 108 cm³/mol. The Morgan fingerprint density at radius 2 is 0.800 bits per heavy atom. The van der Waals surface area contributed by atoms with Crippen LogP contribution in [0.3, 0.4) is 0 Å². The SMILES string of the molecule is CO[Si](OC(=O)c1ccccc1)(OC(=O)c1ccccc1)OC(=O)c1ccccc1. The maximum absolute atomic E-state index is 12.6. The quantitative estimate of drug-likeness (QED) is 0.537. The molecule has 0 spiro atoms. The van der Waals surface area contributed by atoms with Crippen molar-refractivity contribution in [2.24, 2.45) is 0 Å². The first kappa shape index (κ1) is 21.0. The zero-order valence-electron chi connectivity index (χ0n) is 16.0. The highest BCUT2D eigenvalue weighted by Crippen LogP contribution is 2.19. The van der Waals surface area contributed by atoms with Crippen LogP contribution < -0.4 is 0 Å². The van der Waals surface area contributed by atoms with Gasteiger partial charge in [-0.05, 0) is 36.4 Å². The summed E-state index contributed by atoms with van der Waals surface area (Å²) in [5.74, 6) is -2.57. The van der Waals surface area contributed by atoms with Crippen LogP contribution in [0.4, 0.5) is 0 Å². The van der Waals surface area contributed by atoms with E-state index < -0.39 is 27.0 Å². The van der Waals surface area contributed by atoms with Gasteiger partial charge in [-0.25, -0.2) is 14.4 Å². The van der Waals surface area contributed by atoms with E-state index >= 15 is 0 Å². The van der Waals surface area contributed by atoms with Gasteiger partial charge >= 0.3 is 27.0 Å². The van der Waals surface area contributed by atoms with Gasteiger partial charge in [-0.15, -0.1) is 0 Å². The highest BCUT2D eigenvalue weighted by atomic mass is 28.4. The standard InChI is InChI=1S/C22H18O7Si/c1-26-30(27-20(23)17-11-5-2-6-12-17,28-21(24)18-13-7-3-8-14-18)29-22(25)19-15-9-4-10-16-19/h2-16H,1H3. The van der Waals surface area contributed by atoms with Gasteiger partial charge in [0, 0.05) is 7.11 Å². The lowest BCUT2D eigenvalue weighted by Crippen LogP contribution is -2.52. The summed E-state index contributed by atoms with van der Waals surface area (Å²) in [6.45, 7) is 0. The van der Waals surface area contributed by atoms with E-state index in [4.69, 9.17) is 17.7 Å². The molecule has 0 radical (unpaired) electrons. The largest absolute Gasteiger partial charge is 0.899 e. The number of carbonyl (C=O) groups is 3. The summed E-state index contributed by atoms with van der Waals surface area (Å²) in [6, 6.07) is 24.1. The Balaban J connectivity index is 1.90. The molecule has 0 atom stereocenters. The van der Waals surface area contributed by atoms with Crippen molar-refractivity contribution in [2.75, 3.05) is 7.11 Å². The van der Waals surface area contributed by atoms with Gasteiger partial charge < -0.3 is 17.7 Å². The summed E-state index contributed by atoms with van der Waals surface area (Å²) in [4.78, 5) is 37.8. The van der Waals surface area contributed by atoms with E-state index in [0.717, 1.165) is 7.11 Å². The lowest BCUT2D eigenvalue weighted by atomic mass is 10.2. The molecule has 0 amide bonds. The van der Waals surface area contributed by atoms with Crippen molar-refractivity contribution in [3.05, 3.63) is 108 Å². The molecule has 0 unspecified atom stereocenters. The van der Waals surface area contributed by atoms with Crippen molar-refractivity contribution < 1.29 is 32.1 Å². The molecule has 0 aliphatic rings. The third kappa shape index (κ3) is 5.19. The van der Waals surface area contributed by atoms with Crippen LogP contribution >= 0.6 is 0 Å².